The van der Waals surface area contributed by atoms with Crippen molar-refractivity contribution in [1.29, 1.82) is 0 Å². The first-order chi connectivity index (χ1) is 27.8. The van der Waals surface area contributed by atoms with Crippen LogP contribution in [-0.2, 0) is 35.7 Å². The summed E-state index contributed by atoms with van der Waals surface area (Å²) in [5.41, 5.74) is 5.31. The predicted octanol–water partition coefficient (Wildman–Crippen LogP) is 7.59. The number of aliphatic hydroxyl groups is 2. The van der Waals surface area contributed by atoms with Gasteiger partial charge >= 0.3 is 11.9 Å². The third-order valence-corrected chi connectivity index (χ3v) is 11.7. The Bertz CT molecular complexity index is 2410. The number of carbonyl (C=O) groups excluding carboxylic acids is 2. The van der Waals surface area contributed by atoms with Crippen LogP contribution in [0.15, 0.2) is 158 Å². The quantitative estimate of drug-likeness (QED) is 0.0746. The summed E-state index contributed by atoms with van der Waals surface area (Å²) in [5, 5.41) is 24.2. The monoisotopic (exact) mass is 756 g/mol. The summed E-state index contributed by atoms with van der Waals surface area (Å²) in [5.74, 6) is -0.813. The van der Waals surface area contributed by atoms with Gasteiger partial charge in [0.1, 0.15) is 49.1 Å². The third kappa shape index (κ3) is 5.66. The fourth-order valence-corrected chi connectivity index (χ4v) is 9.32. The van der Waals surface area contributed by atoms with Crippen LogP contribution < -0.4 is 9.47 Å². The molecule has 1 atom stereocenters. The van der Waals surface area contributed by atoms with E-state index in [1.165, 1.54) is 0 Å². The number of carbonyl (C=O) groups is 2. The van der Waals surface area contributed by atoms with Crippen LogP contribution in [0.3, 0.4) is 0 Å². The van der Waals surface area contributed by atoms with Gasteiger partial charge in [0.05, 0.1) is 11.3 Å². The molecule has 8 heteroatoms. The number of hydrogen-bond donors (Lipinski definition) is 2. The van der Waals surface area contributed by atoms with E-state index >= 15 is 0 Å². The molecule has 6 aromatic rings. The standard InChI is InChI=1S/C49H40O8/c1-2-45(50)56-29-27-54-34-23-19-32(20-24-34)48(38-13-5-3-11-36(38)37-12-4-6-14-39(37)48)33-21-25-35(26-22-33)55-28-30-57-46(51)44-31-47(52)40-15-7-9-17-42(40)49(44,53)43-18-10-8-16-41(43)47/h2-26,44,52-53H,1,27-31H2. The van der Waals surface area contributed by atoms with Crippen molar-refractivity contribution in [2.24, 2.45) is 5.92 Å². The summed E-state index contributed by atoms with van der Waals surface area (Å²) >= 11 is 0. The minimum Gasteiger partial charge on any atom is -0.490 e. The number of benzene rings is 6. The van der Waals surface area contributed by atoms with Crippen molar-refractivity contribution in [3.8, 4) is 22.6 Å². The fraction of sp³-hybridized carbons (Fsp3) is 0.184. The lowest BCUT2D eigenvalue weighted by Gasteiger charge is -2.53. The zero-order valence-electron chi connectivity index (χ0n) is 31.1. The van der Waals surface area contributed by atoms with Gasteiger partial charge in [-0.25, -0.2) is 4.79 Å². The first-order valence-electron chi connectivity index (χ1n) is 19.1. The molecule has 0 heterocycles. The van der Waals surface area contributed by atoms with Crippen molar-refractivity contribution in [2.45, 2.75) is 23.0 Å². The molecule has 2 N–H and O–H groups in total. The van der Waals surface area contributed by atoms with E-state index in [4.69, 9.17) is 18.9 Å². The van der Waals surface area contributed by atoms with Crippen LogP contribution in [0.2, 0.25) is 0 Å². The van der Waals surface area contributed by atoms with Crippen LogP contribution in [0.1, 0.15) is 50.9 Å². The molecule has 8 nitrogen and oxygen atoms in total. The Balaban J connectivity index is 0.932. The van der Waals surface area contributed by atoms with Gasteiger partial charge in [0.25, 0.3) is 0 Å². The minimum atomic E-state index is -1.63. The third-order valence-electron chi connectivity index (χ3n) is 11.7. The van der Waals surface area contributed by atoms with Crippen LogP contribution >= 0.6 is 0 Å². The Kier molecular flexibility index (Phi) is 9.03. The Morgan fingerprint density at radius 2 is 0.982 bits per heavy atom. The molecule has 1 unspecified atom stereocenters. The van der Waals surface area contributed by atoms with Gasteiger partial charge in [-0.3, -0.25) is 4.79 Å². The van der Waals surface area contributed by atoms with Crippen molar-refractivity contribution >= 4 is 11.9 Å². The number of ether oxygens (including phenoxy) is 4. The van der Waals surface area contributed by atoms with E-state index in [1.807, 2.05) is 48.5 Å². The zero-order valence-corrected chi connectivity index (χ0v) is 31.1. The molecule has 0 fully saturated rings. The van der Waals surface area contributed by atoms with Gasteiger partial charge in [-0.15, -0.1) is 0 Å². The Hall–Kier alpha value is -6.48. The largest absolute Gasteiger partial charge is 0.490 e. The summed E-state index contributed by atoms with van der Waals surface area (Å²) in [6.45, 7) is 3.81. The van der Waals surface area contributed by atoms with Gasteiger partial charge in [-0.2, -0.15) is 0 Å². The summed E-state index contributed by atoms with van der Waals surface area (Å²) in [7, 11) is 0. The lowest BCUT2D eigenvalue weighted by molar-refractivity contribution is -0.167. The van der Waals surface area contributed by atoms with Crippen molar-refractivity contribution in [2.75, 3.05) is 26.4 Å². The molecule has 57 heavy (non-hydrogen) atoms. The van der Waals surface area contributed by atoms with Crippen LogP contribution in [0, 0.1) is 5.92 Å². The van der Waals surface area contributed by atoms with E-state index < -0.39 is 34.5 Å². The van der Waals surface area contributed by atoms with Crippen LogP contribution in [0.4, 0.5) is 0 Å². The van der Waals surface area contributed by atoms with Crippen LogP contribution in [-0.4, -0.2) is 48.6 Å². The minimum absolute atomic E-state index is 0.00959. The average molecular weight is 757 g/mol. The van der Waals surface area contributed by atoms with Gasteiger partial charge < -0.3 is 29.2 Å². The molecule has 0 amide bonds. The van der Waals surface area contributed by atoms with Gasteiger partial charge in [-0.1, -0.05) is 128 Å². The topological polar surface area (TPSA) is 112 Å². The maximum atomic E-state index is 13.7. The van der Waals surface area contributed by atoms with Crippen LogP contribution in [0.25, 0.3) is 11.1 Å². The number of rotatable bonds is 12. The van der Waals surface area contributed by atoms with Crippen molar-refractivity contribution in [1.82, 2.24) is 0 Å². The van der Waals surface area contributed by atoms with Crippen molar-refractivity contribution in [3.63, 3.8) is 0 Å². The second-order valence-electron chi connectivity index (χ2n) is 14.6. The molecule has 0 radical (unpaired) electrons. The summed E-state index contributed by atoms with van der Waals surface area (Å²) in [6.07, 6.45) is 1.14. The van der Waals surface area contributed by atoms with E-state index in [0.717, 1.165) is 39.5 Å². The second kappa shape index (κ2) is 14.2. The Morgan fingerprint density at radius 3 is 1.46 bits per heavy atom. The van der Waals surface area contributed by atoms with E-state index in [-0.39, 0.29) is 32.8 Å². The molecule has 2 bridgehead atoms. The molecule has 4 aliphatic carbocycles. The van der Waals surface area contributed by atoms with Gasteiger partial charge in [0, 0.05) is 12.5 Å². The van der Waals surface area contributed by atoms with Crippen molar-refractivity contribution in [3.05, 3.63) is 203 Å². The average Bonchev–Trinajstić information content (AvgIpc) is 3.56. The van der Waals surface area contributed by atoms with E-state index in [1.54, 1.807) is 24.3 Å². The lowest BCUT2D eigenvalue weighted by atomic mass is 9.54. The number of hydrogen-bond acceptors (Lipinski definition) is 8. The highest BCUT2D eigenvalue weighted by Gasteiger charge is 2.62. The molecular formula is C49H40O8. The summed E-state index contributed by atoms with van der Waals surface area (Å²) in [6, 6.07) is 47.4. The zero-order chi connectivity index (χ0) is 39.2. The van der Waals surface area contributed by atoms with Gasteiger partial charge in [0.2, 0.25) is 0 Å². The van der Waals surface area contributed by atoms with Gasteiger partial charge in [-0.05, 0) is 79.9 Å². The van der Waals surface area contributed by atoms with E-state index in [2.05, 4.69) is 79.4 Å². The smallest absolute Gasteiger partial charge is 0.330 e. The molecule has 10 rings (SSSR count). The maximum absolute atomic E-state index is 13.7. The first kappa shape index (κ1) is 36.2. The highest BCUT2D eigenvalue weighted by atomic mass is 16.6. The Labute approximate surface area is 330 Å². The van der Waals surface area contributed by atoms with E-state index in [0.29, 0.717) is 33.8 Å². The summed E-state index contributed by atoms with van der Waals surface area (Å²) < 4.78 is 22.8. The SMILES string of the molecule is C=CC(=O)OCCOc1ccc(C2(c3ccc(OCCOC(=O)C4CC5(O)c6ccccc6C4(O)c4ccccc45)cc3)c3ccccc3-c3ccccc32)cc1. The van der Waals surface area contributed by atoms with Crippen LogP contribution in [0.5, 0.6) is 11.5 Å². The van der Waals surface area contributed by atoms with Crippen molar-refractivity contribution < 1.29 is 38.7 Å². The highest BCUT2D eigenvalue weighted by molar-refractivity contribution is 5.86. The molecule has 284 valence electrons. The molecule has 0 aliphatic heterocycles. The molecule has 4 aliphatic rings. The second-order valence-corrected chi connectivity index (χ2v) is 14.6. The highest BCUT2D eigenvalue weighted by Crippen LogP contribution is 2.60. The molecule has 0 saturated carbocycles. The number of esters is 2. The maximum Gasteiger partial charge on any atom is 0.330 e. The number of fused-ring (bicyclic) bond motifs is 4. The van der Waals surface area contributed by atoms with E-state index in [9.17, 15) is 19.8 Å². The molecule has 6 aromatic carbocycles. The predicted molar refractivity (Wildman–Crippen MR) is 214 cm³/mol. The molecule has 0 aromatic heterocycles. The first-order valence-corrected chi connectivity index (χ1v) is 19.1. The molecular weight excluding hydrogens is 717 g/mol. The van der Waals surface area contributed by atoms with Gasteiger partial charge in [0.15, 0.2) is 0 Å². The normalized spacial score (nSPS) is 20.3. The molecule has 0 spiro atoms. The summed E-state index contributed by atoms with van der Waals surface area (Å²) in [4.78, 5) is 25.1. The Morgan fingerprint density at radius 1 is 0.561 bits per heavy atom. The fourth-order valence-electron chi connectivity index (χ4n) is 9.32. The molecule has 0 saturated heterocycles. The lowest BCUT2D eigenvalue weighted by Crippen LogP contribution is -2.57.